The minimum Gasteiger partial charge on any atom is -0.366 e. The summed E-state index contributed by atoms with van der Waals surface area (Å²) in [5, 5.41) is 0. The summed E-state index contributed by atoms with van der Waals surface area (Å²) in [6.45, 7) is 5.36. The molecule has 0 aromatic rings. The number of unbranched alkanes of at least 4 members (excludes halogenated alkanes) is 9. The van der Waals surface area contributed by atoms with Crippen molar-refractivity contribution in [2.45, 2.75) is 71.1 Å². The van der Waals surface area contributed by atoms with Crippen LogP contribution in [0.15, 0.2) is 12.7 Å². The second-order valence-corrected chi connectivity index (χ2v) is 4.96. The standard InChI is InChI=1S/C12H26S.C3H5NO/c1-2-3-4-5-6-7-8-9-10-11-12-13;1-2-3(4)5/h13H,2-12H2,1H3;2H,1H2,(H2,4,5). The molecule has 0 fully saturated rings. The Morgan fingerprint density at radius 2 is 1.33 bits per heavy atom. The quantitative estimate of drug-likeness (QED) is 0.325. The smallest absolute Gasteiger partial charge is 0.240 e. The molecule has 0 aromatic carbocycles. The van der Waals surface area contributed by atoms with Crippen LogP contribution in [-0.4, -0.2) is 11.7 Å². The van der Waals surface area contributed by atoms with E-state index in [1.807, 2.05) is 0 Å². The third-order valence-electron chi connectivity index (χ3n) is 2.71. The molecule has 0 aliphatic carbocycles. The van der Waals surface area contributed by atoms with Gasteiger partial charge in [0, 0.05) is 0 Å². The van der Waals surface area contributed by atoms with Crippen molar-refractivity contribution in [3.63, 3.8) is 0 Å². The van der Waals surface area contributed by atoms with Crippen molar-refractivity contribution < 1.29 is 4.79 Å². The van der Waals surface area contributed by atoms with Crippen LogP contribution in [0.3, 0.4) is 0 Å². The predicted molar refractivity (Wildman–Crippen MR) is 85.1 cm³/mol. The summed E-state index contributed by atoms with van der Waals surface area (Å²) < 4.78 is 0. The van der Waals surface area contributed by atoms with E-state index in [4.69, 9.17) is 0 Å². The van der Waals surface area contributed by atoms with Gasteiger partial charge in [0.15, 0.2) is 0 Å². The normalized spacial score (nSPS) is 9.44. The maximum Gasteiger partial charge on any atom is 0.240 e. The van der Waals surface area contributed by atoms with Gasteiger partial charge in [-0.05, 0) is 18.2 Å². The minimum absolute atomic E-state index is 0.481. The Hall–Kier alpha value is -0.440. The molecule has 108 valence electrons. The molecule has 2 nitrogen and oxygen atoms in total. The summed E-state index contributed by atoms with van der Waals surface area (Å²) in [6, 6.07) is 0. The lowest BCUT2D eigenvalue weighted by molar-refractivity contribution is -0.113. The van der Waals surface area contributed by atoms with Gasteiger partial charge in [-0.1, -0.05) is 71.3 Å². The summed E-state index contributed by atoms with van der Waals surface area (Å²) in [5.74, 6) is 0.584. The van der Waals surface area contributed by atoms with Gasteiger partial charge in [0.05, 0.1) is 0 Å². The molecule has 1 amide bonds. The van der Waals surface area contributed by atoms with Crippen molar-refractivity contribution in [2.75, 3.05) is 5.75 Å². The third kappa shape index (κ3) is 24.7. The van der Waals surface area contributed by atoms with Gasteiger partial charge < -0.3 is 5.73 Å². The van der Waals surface area contributed by atoms with Crippen LogP contribution in [0.2, 0.25) is 0 Å². The summed E-state index contributed by atoms with van der Waals surface area (Å²) in [6.07, 6.45) is 15.2. The molecule has 0 unspecified atom stereocenters. The van der Waals surface area contributed by atoms with Crippen molar-refractivity contribution in [1.29, 1.82) is 0 Å². The zero-order chi connectivity index (χ0) is 14.1. The van der Waals surface area contributed by atoms with Gasteiger partial charge in [-0.15, -0.1) is 0 Å². The predicted octanol–water partition coefficient (Wildman–Crippen LogP) is 4.49. The first-order chi connectivity index (χ1) is 8.68. The highest BCUT2D eigenvalue weighted by Crippen LogP contribution is 2.10. The number of rotatable bonds is 11. The lowest BCUT2D eigenvalue weighted by atomic mass is 10.1. The number of amides is 1. The molecule has 0 radical (unpaired) electrons. The average molecular weight is 273 g/mol. The monoisotopic (exact) mass is 273 g/mol. The zero-order valence-electron chi connectivity index (χ0n) is 12.0. The summed E-state index contributed by atoms with van der Waals surface area (Å²) >= 11 is 4.20. The second-order valence-electron chi connectivity index (χ2n) is 4.51. The van der Waals surface area contributed by atoms with Gasteiger partial charge in [-0.2, -0.15) is 12.6 Å². The fourth-order valence-electron chi connectivity index (χ4n) is 1.60. The highest BCUT2D eigenvalue weighted by Gasteiger charge is 1.91. The van der Waals surface area contributed by atoms with E-state index in [9.17, 15) is 4.79 Å². The molecular formula is C15H31NOS. The molecule has 0 saturated heterocycles. The molecule has 0 rings (SSSR count). The number of nitrogens with two attached hydrogens (primary N) is 1. The van der Waals surface area contributed by atoms with E-state index in [2.05, 4.69) is 31.9 Å². The van der Waals surface area contributed by atoms with Crippen LogP contribution in [0, 0.1) is 0 Å². The lowest BCUT2D eigenvalue weighted by Crippen LogP contribution is -2.04. The van der Waals surface area contributed by atoms with E-state index in [-0.39, 0.29) is 0 Å². The average Bonchev–Trinajstić information content (AvgIpc) is 2.37. The molecule has 0 aliphatic rings. The van der Waals surface area contributed by atoms with Crippen molar-refractivity contribution in [3.05, 3.63) is 12.7 Å². The van der Waals surface area contributed by atoms with Crippen LogP contribution in [-0.2, 0) is 4.79 Å². The molecule has 2 N–H and O–H groups in total. The van der Waals surface area contributed by atoms with Crippen molar-refractivity contribution in [3.8, 4) is 0 Å². The first-order valence-corrected chi connectivity index (χ1v) is 7.85. The first kappa shape index (κ1) is 19.9. The molecule has 0 bridgehead atoms. The minimum atomic E-state index is -0.481. The number of carbonyl (C=O) groups is 1. The van der Waals surface area contributed by atoms with Crippen LogP contribution < -0.4 is 5.73 Å². The van der Waals surface area contributed by atoms with Gasteiger partial charge in [0.25, 0.3) is 0 Å². The maximum absolute atomic E-state index is 9.47. The van der Waals surface area contributed by atoms with Crippen molar-refractivity contribution in [1.82, 2.24) is 0 Å². The zero-order valence-corrected chi connectivity index (χ0v) is 12.9. The molecule has 0 saturated carbocycles. The molecule has 18 heavy (non-hydrogen) atoms. The Labute approximate surface area is 119 Å². The van der Waals surface area contributed by atoms with E-state index in [1.165, 1.54) is 64.2 Å². The molecule has 0 heterocycles. The van der Waals surface area contributed by atoms with Gasteiger partial charge >= 0.3 is 0 Å². The van der Waals surface area contributed by atoms with Gasteiger partial charge in [0.1, 0.15) is 0 Å². The first-order valence-electron chi connectivity index (χ1n) is 7.21. The van der Waals surface area contributed by atoms with Crippen molar-refractivity contribution >= 4 is 18.5 Å². The summed E-state index contributed by atoms with van der Waals surface area (Å²) in [7, 11) is 0. The van der Waals surface area contributed by atoms with Gasteiger partial charge in [-0.25, -0.2) is 0 Å². The van der Waals surface area contributed by atoms with Crippen LogP contribution in [0.4, 0.5) is 0 Å². The molecule has 0 atom stereocenters. The Bertz CT molecular complexity index is 173. The molecule has 0 aromatic heterocycles. The highest BCUT2D eigenvalue weighted by atomic mass is 32.1. The molecule has 0 aliphatic heterocycles. The number of hydrogen-bond donors (Lipinski definition) is 2. The van der Waals surface area contributed by atoms with E-state index < -0.39 is 5.91 Å². The topological polar surface area (TPSA) is 43.1 Å². The van der Waals surface area contributed by atoms with Gasteiger partial charge in [0.2, 0.25) is 5.91 Å². The van der Waals surface area contributed by atoms with E-state index in [0.29, 0.717) is 0 Å². The number of primary amides is 1. The van der Waals surface area contributed by atoms with Gasteiger partial charge in [-0.3, -0.25) is 4.79 Å². The van der Waals surface area contributed by atoms with Crippen LogP contribution >= 0.6 is 12.6 Å². The summed E-state index contributed by atoms with van der Waals surface area (Å²) in [4.78, 5) is 9.47. The SMILES string of the molecule is C=CC(N)=O.CCCCCCCCCCCCS. The molecule has 3 heteroatoms. The van der Waals surface area contributed by atoms with E-state index >= 15 is 0 Å². The van der Waals surface area contributed by atoms with Crippen LogP contribution in [0.25, 0.3) is 0 Å². The molecular weight excluding hydrogens is 242 g/mol. The van der Waals surface area contributed by atoms with Crippen LogP contribution in [0.1, 0.15) is 71.1 Å². The Morgan fingerprint density at radius 1 is 1.00 bits per heavy atom. The number of thiol groups is 1. The third-order valence-corrected chi connectivity index (χ3v) is 3.03. The maximum atomic E-state index is 9.47. The largest absolute Gasteiger partial charge is 0.366 e. The molecule has 0 spiro atoms. The van der Waals surface area contributed by atoms with E-state index in [1.54, 1.807) is 0 Å². The van der Waals surface area contributed by atoms with Crippen LogP contribution in [0.5, 0.6) is 0 Å². The lowest BCUT2D eigenvalue weighted by Gasteiger charge is -2.00. The number of hydrogen-bond acceptors (Lipinski definition) is 2. The number of carbonyl (C=O) groups excluding carboxylic acids is 1. The highest BCUT2D eigenvalue weighted by molar-refractivity contribution is 7.80. The Balaban J connectivity index is 0. The Kier molecular flexibility index (Phi) is 20.9. The fourth-order valence-corrected chi connectivity index (χ4v) is 1.82. The second kappa shape index (κ2) is 18.9. The van der Waals surface area contributed by atoms with Crippen molar-refractivity contribution in [2.24, 2.45) is 5.73 Å². The summed E-state index contributed by atoms with van der Waals surface area (Å²) in [5.41, 5.74) is 4.53. The fraction of sp³-hybridized carbons (Fsp3) is 0.800. The Morgan fingerprint density at radius 3 is 1.61 bits per heavy atom. The van der Waals surface area contributed by atoms with E-state index in [0.717, 1.165) is 11.8 Å².